The summed E-state index contributed by atoms with van der Waals surface area (Å²) in [5.74, 6) is -1.42. The van der Waals surface area contributed by atoms with Crippen LogP contribution in [0.1, 0.15) is 53.1 Å². The summed E-state index contributed by atoms with van der Waals surface area (Å²) in [7, 11) is 0. The number of amides is 1. The van der Waals surface area contributed by atoms with E-state index in [1.165, 1.54) is 0 Å². The van der Waals surface area contributed by atoms with Crippen molar-refractivity contribution in [3.63, 3.8) is 0 Å². The second kappa shape index (κ2) is 12.5. The minimum atomic E-state index is -1.03. The molecule has 2 atom stereocenters. The zero-order valence-corrected chi connectivity index (χ0v) is 18.8. The minimum Gasteiger partial charge on any atom is -0.480 e. The van der Waals surface area contributed by atoms with Crippen molar-refractivity contribution in [3.8, 4) is 0 Å². The van der Waals surface area contributed by atoms with E-state index in [9.17, 15) is 14.7 Å². The number of carboxylic acid groups (broad SMARTS) is 1. The van der Waals surface area contributed by atoms with Crippen molar-refractivity contribution in [1.29, 1.82) is 0 Å². The molecule has 1 unspecified atom stereocenters. The molecular weight excluding hydrogens is 418 g/mol. The van der Waals surface area contributed by atoms with Gasteiger partial charge in [0.1, 0.15) is 6.04 Å². The van der Waals surface area contributed by atoms with Gasteiger partial charge < -0.3 is 26.0 Å². The lowest BCUT2D eigenvalue weighted by Crippen LogP contribution is -2.41. The molecule has 0 bridgehead atoms. The van der Waals surface area contributed by atoms with Crippen LogP contribution >= 0.6 is 0 Å². The van der Waals surface area contributed by atoms with Crippen molar-refractivity contribution in [1.82, 2.24) is 25.9 Å². The summed E-state index contributed by atoms with van der Waals surface area (Å²) in [5.41, 5.74) is 3.50. The van der Waals surface area contributed by atoms with Crippen LogP contribution in [0.2, 0.25) is 0 Å². The fourth-order valence-corrected chi connectivity index (χ4v) is 3.46. The first-order chi connectivity index (χ1) is 16.0. The van der Waals surface area contributed by atoms with Crippen molar-refractivity contribution >= 4 is 11.9 Å². The molecule has 0 spiro atoms. The number of rotatable bonds is 13. The summed E-state index contributed by atoms with van der Waals surface area (Å²) in [6.07, 6.45) is 4.61. The zero-order valence-electron chi connectivity index (χ0n) is 18.8. The highest BCUT2D eigenvalue weighted by Gasteiger charge is 2.20. The van der Waals surface area contributed by atoms with E-state index < -0.39 is 12.0 Å². The van der Waals surface area contributed by atoms with Gasteiger partial charge in [0.25, 0.3) is 5.91 Å². The third-order valence-corrected chi connectivity index (χ3v) is 5.39. The molecule has 8 nitrogen and oxygen atoms in total. The first-order valence-corrected chi connectivity index (χ1v) is 11.1. The number of hydrogen-bond acceptors (Lipinski definition) is 5. The van der Waals surface area contributed by atoms with Crippen LogP contribution in [-0.4, -0.2) is 39.5 Å². The van der Waals surface area contributed by atoms with Crippen LogP contribution in [0.15, 0.2) is 67.0 Å². The number of H-pyrrole nitrogens is 1. The lowest BCUT2D eigenvalue weighted by Gasteiger charge is -2.16. The van der Waals surface area contributed by atoms with Gasteiger partial charge in [-0.05, 0) is 68.3 Å². The van der Waals surface area contributed by atoms with Crippen molar-refractivity contribution < 1.29 is 14.7 Å². The van der Waals surface area contributed by atoms with E-state index in [4.69, 9.17) is 0 Å². The number of hydrogen-bond donors (Lipinski definition) is 5. The van der Waals surface area contributed by atoms with E-state index in [1.807, 2.05) is 55.6 Å². The summed E-state index contributed by atoms with van der Waals surface area (Å²) in [5, 5.41) is 18.8. The van der Waals surface area contributed by atoms with E-state index in [0.29, 0.717) is 38.0 Å². The van der Waals surface area contributed by atoms with Crippen molar-refractivity contribution in [2.75, 3.05) is 6.54 Å². The van der Waals surface area contributed by atoms with E-state index in [-0.39, 0.29) is 11.9 Å². The van der Waals surface area contributed by atoms with E-state index >= 15 is 0 Å². The Labute approximate surface area is 193 Å². The Morgan fingerprint density at radius 3 is 2.55 bits per heavy atom. The normalized spacial score (nSPS) is 12.8. The van der Waals surface area contributed by atoms with Crippen molar-refractivity contribution in [3.05, 3.63) is 89.5 Å². The van der Waals surface area contributed by atoms with Crippen LogP contribution in [-0.2, 0) is 17.9 Å². The second-order valence-electron chi connectivity index (χ2n) is 7.93. The number of carboxylic acids is 1. The molecular formula is C25H31N5O3. The van der Waals surface area contributed by atoms with Crippen LogP contribution in [0.3, 0.4) is 0 Å². The van der Waals surface area contributed by atoms with Gasteiger partial charge in [0.2, 0.25) is 0 Å². The van der Waals surface area contributed by atoms with Crippen molar-refractivity contribution in [2.24, 2.45) is 0 Å². The van der Waals surface area contributed by atoms with Crippen LogP contribution in [0.5, 0.6) is 0 Å². The van der Waals surface area contributed by atoms with Crippen LogP contribution in [0, 0.1) is 0 Å². The third kappa shape index (κ3) is 7.85. The molecule has 0 saturated carbocycles. The van der Waals surface area contributed by atoms with Crippen molar-refractivity contribution in [2.45, 2.75) is 44.9 Å². The van der Waals surface area contributed by atoms with Gasteiger partial charge in [0, 0.05) is 42.8 Å². The summed E-state index contributed by atoms with van der Waals surface area (Å²) in [6.45, 7) is 3.99. The highest BCUT2D eigenvalue weighted by Crippen LogP contribution is 2.10. The van der Waals surface area contributed by atoms with E-state index in [0.717, 1.165) is 17.0 Å². The van der Waals surface area contributed by atoms with E-state index in [1.54, 1.807) is 18.3 Å². The molecule has 0 saturated heterocycles. The topological polar surface area (TPSA) is 119 Å². The highest BCUT2D eigenvalue weighted by molar-refractivity contribution is 5.96. The molecule has 1 aromatic carbocycles. The highest BCUT2D eigenvalue weighted by atomic mass is 16.4. The lowest BCUT2D eigenvalue weighted by atomic mass is 10.1. The van der Waals surface area contributed by atoms with Crippen LogP contribution in [0.4, 0.5) is 0 Å². The minimum absolute atomic E-state index is 0.148. The third-order valence-electron chi connectivity index (χ3n) is 5.39. The van der Waals surface area contributed by atoms with Gasteiger partial charge in [-0.25, -0.2) is 4.79 Å². The monoisotopic (exact) mass is 449 g/mol. The van der Waals surface area contributed by atoms with Gasteiger partial charge in [0.05, 0.1) is 5.69 Å². The molecule has 2 heterocycles. The Morgan fingerprint density at radius 1 is 1.06 bits per heavy atom. The molecule has 33 heavy (non-hydrogen) atoms. The van der Waals surface area contributed by atoms with Gasteiger partial charge in [-0.15, -0.1) is 0 Å². The molecule has 2 aromatic heterocycles. The molecule has 174 valence electrons. The fourth-order valence-electron chi connectivity index (χ4n) is 3.46. The lowest BCUT2D eigenvalue weighted by molar-refractivity contribution is -0.139. The first kappa shape index (κ1) is 24.2. The molecule has 5 N–H and O–H groups in total. The Morgan fingerprint density at radius 2 is 1.88 bits per heavy atom. The zero-order chi connectivity index (χ0) is 23.5. The van der Waals surface area contributed by atoms with Gasteiger partial charge in [-0.2, -0.15) is 0 Å². The SMILES string of the molecule is CC(NCCC[C@H](NC(=O)c1ccc(CNCc2ccccn2)cc1)C(=O)O)c1ccc[nH]1. The quantitative estimate of drug-likeness (QED) is 0.256. The molecule has 1 amide bonds. The Kier molecular flexibility index (Phi) is 9.17. The van der Waals surface area contributed by atoms with E-state index in [2.05, 4.69) is 25.9 Å². The number of aliphatic carboxylic acids is 1. The molecule has 3 aromatic rings. The first-order valence-electron chi connectivity index (χ1n) is 11.1. The van der Waals surface area contributed by atoms with Crippen LogP contribution in [0.25, 0.3) is 0 Å². The molecule has 8 heteroatoms. The number of aromatic nitrogens is 2. The Hall–Kier alpha value is -3.49. The van der Waals surface area contributed by atoms with Crippen LogP contribution < -0.4 is 16.0 Å². The van der Waals surface area contributed by atoms with Gasteiger partial charge in [-0.1, -0.05) is 18.2 Å². The summed E-state index contributed by atoms with van der Waals surface area (Å²) in [6, 6.07) is 16.1. The number of nitrogens with zero attached hydrogens (tertiary/aromatic N) is 1. The Balaban J connectivity index is 1.41. The number of nitrogens with one attached hydrogen (secondary N) is 4. The smallest absolute Gasteiger partial charge is 0.326 e. The largest absolute Gasteiger partial charge is 0.480 e. The molecule has 0 fully saturated rings. The maximum Gasteiger partial charge on any atom is 0.326 e. The molecule has 0 radical (unpaired) electrons. The number of carbonyl (C=O) groups excluding carboxylic acids is 1. The predicted molar refractivity (Wildman–Crippen MR) is 127 cm³/mol. The maximum absolute atomic E-state index is 12.5. The molecule has 0 aliphatic heterocycles. The predicted octanol–water partition coefficient (Wildman–Crippen LogP) is 3.01. The van der Waals surface area contributed by atoms with Gasteiger partial charge in [-0.3, -0.25) is 9.78 Å². The average Bonchev–Trinajstić information content (AvgIpc) is 3.37. The van der Waals surface area contributed by atoms with Gasteiger partial charge >= 0.3 is 5.97 Å². The second-order valence-corrected chi connectivity index (χ2v) is 7.93. The number of carbonyl (C=O) groups is 2. The summed E-state index contributed by atoms with van der Waals surface area (Å²) < 4.78 is 0. The standard InChI is InChI=1S/C25H31N5O3/c1-18(22-7-4-15-29-22)27-14-5-8-23(25(32)33)30-24(31)20-11-9-19(10-12-20)16-26-17-21-6-2-3-13-28-21/h2-4,6-7,9-13,15,18,23,26-27,29H,5,8,14,16-17H2,1H3,(H,30,31)(H,32,33)/t18?,23-/m0/s1. The Bertz CT molecular complexity index is 991. The summed E-state index contributed by atoms with van der Waals surface area (Å²) in [4.78, 5) is 31.6. The average molecular weight is 450 g/mol. The summed E-state index contributed by atoms with van der Waals surface area (Å²) >= 11 is 0. The number of benzene rings is 1. The fraction of sp³-hybridized carbons (Fsp3) is 0.320. The maximum atomic E-state index is 12.5. The molecule has 0 aliphatic carbocycles. The molecule has 3 rings (SSSR count). The number of pyridine rings is 1. The number of aromatic amines is 1. The molecule has 0 aliphatic rings. The van der Waals surface area contributed by atoms with Gasteiger partial charge in [0.15, 0.2) is 0 Å².